The van der Waals surface area contributed by atoms with Gasteiger partial charge in [0, 0.05) is 48.4 Å². The van der Waals surface area contributed by atoms with Crippen LogP contribution in [0.25, 0.3) is 0 Å². The smallest absolute Gasteiger partial charge is 0.358 e. The maximum atomic E-state index is 10.4. The second-order valence-corrected chi connectivity index (χ2v) is 13.3. The molecule has 0 aliphatic rings. The third kappa shape index (κ3) is 15.0. The van der Waals surface area contributed by atoms with Crippen LogP contribution >= 0.6 is 37.2 Å². The van der Waals surface area contributed by atoms with E-state index in [1.165, 1.54) is 45.5 Å². The molecule has 0 aromatic heterocycles. The van der Waals surface area contributed by atoms with E-state index in [4.69, 9.17) is 0 Å². The van der Waals surface area contributed by atoms with Gasteiger partial charge < -0.3 is 4.55 Å². The summed E-state index contributed by atoms with van der Waals surface area (Å²) in [6.07, 6.45) is 0. The highest BCUT2D eigenvalue weighted by Gasteiger charge is 2.20. The fourth-order valence-corrected chi connectivity index (χ4v) is 6.40. The molecule has 39 heavy (non-hydrogen) atoms. The number of benzene rings is 4. The van der Waals surface area contributed by atoms with E-state index < -0.39 is 10.1 Å². The highest BCUT2D eigenvalue weighted by Crippen LogP contribution is 2.08. The second kappa shape index (κ2) is 19.2. The predicted octanol–water partition coefficient (Wildman–Crippen LogP) is 6.66. The summed E-state index contributed by atoms with van der Waals surface area (Å²) in [6.45, 7) is 14.8. The van der Waals surface area contributed by atoms with Crippen LogP contribution in [0.1, 0.15) is 46.4 Å². The molecule has 212 valence electrons. The standard InChI is InChI=1S/C16H18I.C8H10.C7H8O3S.CH4.I2/c1-11-5-7-15(13(3)9-11)17-16-8-6-12(2)10-14(16)4;1-7-4-3-5-8(2)6-7;1-6-2-4-7(5-3-6)11(8,9)10;;1-2/h5-10H,1-4H3;3-6H,1-2H3;2-5H,1H3,(H,8,9,10);1H4;/q+1;;;;/p-1. The van der Waals surface area contributed by atoms with Gasteiger partial charge in [-0.3, -0.25) is 0 Å². The Morgan fingerprint density at radius 1 is 0.564 bits per heavy atom. The molecular formula is C32H39I3O3S. The zero-order valence-corrected chi connectivity index (χ0v) is 30.1. The molecule has 0 fully saturated rings. The lowest BCUT2D eigenvalue weighted by Crippen LogP contribution is -3.62. The number of hydrogen-bond acceptors (Lipinski definition) is 3. The molecule has 4 aromatic rings. The molecule has 0 aliphatic heterocycles. The minimum Gasteiger partial charge on any atom is -0.744 e. The average molecular weight is 884 g/mol. The molecule has 0 spiro atoms. The van der Waals surface area contributed by atoms with Gasteiger partial charge in [0.1, 0.15) is 10.1 Å². The van der Waals surface area contributed by atoms with Crippen molar-refractivity contribution in [3.8, 4) is 0 Å². The fourth-order valence-electron chi connectivity index (χ4n) is 3.42. The van der Waals surface area contributed by atoms with E-state index in [0.29, 0.717) is 0 Å². The monoisotopic (exact) mass is 884 g/mol. The lowest BCUT2D eigenvalue weighted by molar-refractivity contribution is -0.598. The molecule has 0 saturated carbocycles. The summed E-state index contributed by atoms with van der Waals surface area (Å²) in [5.41, 5.74) is 9.20. The van der Waals surface area contributed by atoms with Crippen LogP contribution in [0.2, 0.25) is 0 Å². The van der Waals surface area contributed by atoms with E-state index in [0.717, 1.165) is 5.56 Å². The molecule has 7 heteroatoms. The zero-order chi connectivity index (χ0) is 28.9. The maximum Gasteiger partial charge on any atom is 0.358 e. The number of hydrogen-bond donors (Lipinski definition) is 0. The van der Waals surface area contributed by atoms with Gasteiger partial charge in [0.05, 0.1) is 4.90 Å². The molecule has 3 nitrogen and oxygen atoms in total. The number of aryl methyl sites for hydroxylation is 7. The van der Waals surface area contributed by atoms with E-state index in [1.807, 2.05) is 6.92 Å². The molecule has 0 amide bonds. The molecule has 0 unspecified atom stereocenters. The van der Waals surface area contributed by atoms with Crippen molar-refractivity contribution in [2.24, 2.45) is 0 Å². The van der Waals surface area contributed by atoms with E-state index in [-0.39, 0.29) is 33.5 Å². The first kappa shape index (κ1) is 38.0. The Kier molecular flexibility index (Phi) is 18.7. The van der Waals surface area contributed by atoms with Crippen LogP contribution < -0.4 is 21.2 Å². The molecule has 0 saturated heterocycles. The summed E-state index contributed by atoms with van der Waals surface area (Å²) in [7, 11) is -4.27. The largest absolute Gasteiger partial charge is 0.744 e. The van der Waals surface area contributed by atoms with Crippen LogP contribution in [0.4, 0.5) is 0 Å². The maximum absolute atomic E-state index is 10.4. The van der Waals surface area contributed by atoms with Crippen LogP contribution in [-0.2, 0) is 10.1 Å². The van der Waals surface area contributed by atoms with Crippen molar-refractivity contribution >= 4 is 47.3 Å². The third-order valence-corrected chi connectivity index (χ3v) is 9.75. The van der Waals surface area contributed by atoms with E-state index in [1.54, 1.807) is 19.3 Å². The average Bonchev–Trinajstić information content (AvgIpc) is 2.84. The molecule has 4 rings (SSSR count). The molecule has 4 aromatic carbocycles. The minimum absolute atomic E-state index is 0. The molecule has 0 aliphatic carbocycles. The Morgan fingerprint density at radius 2 is 0.923 bits per heavy atom. The summed E-state index contributed by atoms with van der Waals surface area (Å²) in [6, 6.07) is 27.9. The van der Waals surface area contributed by atoms with Gasteiger partial charge in [0.2, 0.25) is 0 Å². The molecule has 0 radical (unpaired) electrons. The summed E-state index contributed by atoms with van der Waals surface area (Å²) in [5.74, 6) is 0. The van der Waals surface area contributed by atoms with Gasteiger partial charge in [-0.15, -0.1) is 0 Å². The molecular weight excluding hydrogens is 845 g/mol. The summed E-state index contributed by atoms with van der Waals surface area (Å²) in [4.78, 5) is -0.178. The number of halogens is 3. The second-order valence-electron chi connectivity index (χ2n) is 9.03. The summed E-state index contributed by atoms with van der Waals surface area (Å²) < 4.78 is 34.3. The van der Waals surface area contributed by atoms with Crippen LogP contribution in [0.3, 0.4) is 0 Å². The van der Waals surface area contributed by atoms with Crippen LogP contribution in [0, 0.1) is 55.6 Å². The van der Waals surface area contributed by atoms with Gasteiger partial charge in [-0.05, 0) is 72.7 Å². The zero-order valence-electron chi connectivity index (χ0n) is 22.8. The Morgan fingerprint density at radius 3 is 1.23 bits per heavy atom. The third-order valence-electron chi connectivity index (χ3n) is 5.31. The lowest BCUT2D eigenvalue weighted by atomic mass is 10.2. The predicted molar refractivity (Wildman–Crippen MR) is 179 cm³/mol. The molecule has 0 heterocycles. The van der Waals surface area contributed by atoms with E-state index in [2.05, 4.69) is 139 Å². The first-order valence-corrected chi connectivity index (χ1v) is 21.7. The van der Waals surface area contributed by atoms with Crippen molar-refractivity contribution in [1.29, 1.82) is 0 Å². The molecule has 0 N–H and O–H groups in total. The molecule has 0 bridgehead atoms. The van der Waals surface area contributed by atoms with Gasteiger partial charge in [-0.25, -0.2) is 8.42 Å². The number of rotatable bonds is 3. The Hall–Kier alpha value is -1.02. The Labute approximate surface area is 270 Å². The van der Waals surface area contributed by atoms with Crippen molar-refractivity contribution in [3.63, 3.8) is 0 Å². The lowest BCUT2D eigenvalue weighted by Gasteiger charge is -2.05. The van der Waals surface area contributed by atoms with Gasteiger partial charge in [0.15, 0.2) is 7.14 Å². The summed E-state index contributed by atoms with van der Waals surface area (Å²) >= 11 is 4.20. The fraction of sp³-hybridized carbons (Fsp3) is 0.250. The van der Waals surface area contributed by atoms with Gasteiger partial charge in [0.25, 0.3) is 0 Å². The van der Waals surface area contributed by atoms with Crippen molar-refractivity contribution in [2.75, 3.05) is 0 Å². The highest BCUT2D eigenvalue weighted by atomic mass is 128. The summed E-state index contributed by atoms with van der Waals surface area (Å²) in [5, 5.41) is 0. The van der Waals surface area contributed by atoms with Gasteiger partial charge in [-0.2, -0.15) is 0 Å². The van der Waals surface area contributed by atoms with Crippen molar-refractivity contribution in [2.45, 2.75) is 60.8 Å². The molecule has 0 atom stereocenters. The van der Waals surface area contributed by atoms with Crippen LogP contribution in [0.15, 0.2) is 89.8 Å². The highest BCUT2D eigenvalue weighted by molar-refractivity contribution is 15.0. The SMILES string of the molecule is C.Cc1ccc(S(=O)(=O)[O-])cc1.Cc1ccc([I+]c2ccc(C)cc2C)c(C)c1.Cc1cccc(C)c1.II. The van der Waals surface area contributed by atoms with Gasteiger partial charge in [-0.1, -0.05) is 95.9 Å². The van der Waals surface area contributed by atoms with Crippen LogP contribution in [0.5, 0.6) is 0 Å². The van der Waals surface area contributed by atoms with E-state index in [9.17, 15) is 13.0 Å². The Bertz CT molecular complexity index is 1330. The quantitative estimate of drug-likeness (QED) is 0.171. The first-order valence-electron chi connectivity index (χ1n) is 11.8. The topological polar surface area (TPSA) is 57.2 Å². The first-order chi connectivity index (χ1) is 17.8. The van der Waals surface area contributed by atoms with Crippen LogP contribution in [-0.4, -0.2) is 13.0 Å². The van der Waals surface area contributed by atoms with E-state index >= 15 is 0 Å². The van der Waals surface area contributed by atoms with Crippen molar-refractivity contribution in [3.05, 3.63) is 131 Å². The minimum atomic E-state index is -4.27. The normalized spacial score (nSPS) is 9.90. The van der Waals surface area contributed by atoms with Crippen molar-refractivity contribution in [1.82, 2.24) is 0 Å². The van der Waals surface area contributed by atoms with Gasteiger partial charge >= 0.3 is 21.2 Å². The van der Waals surface area contributed by atoms with Crippen molar-refractivity contribution < 1.29 is 34.2 Å². The Balaban J connectivity index is 0.000000569.